The summed E-state index contributed by atoms with van der Waals surface area (Å²) in [6, 6.07) is 0. The lowest BCUT2D eigenvalue weighted by Crippen LogP contribution is -2.26. The molecule has 3 atom stereocenters. The third-order valence-electron chi connectivity index (χ3n) is 2.15. The zero-order valence-corrected chi connectivity index (χ0v) is 7.75. The Morgan fingerprint density at radius 3 is 2.67 bits per heavy atom. The first-order valence-electron chi connectivity index (χ1n) is 4.17. The topological polar surface area (TPSA) is 18.5 Å². The van der Waals surface area contributed by atoms with Gasteiger partial charge in [0.2, 0.25) is 0 Å². The van der Waals surface area contributed by atoms with Crippen LogP contribution in [0.1, 0.15) is 13.8 Å². The van der Waals surface area contributed by atoms with E-state index in [0.717, 1.165) is 0 Å². The average Bonchev–Trinajstić information content (AvgIpc) is 2.48. The van der Waals surface area contributed by atoms with E-state index in [2.05, 4.69) is 13.2 Å². The number of rotatable bonds is 3. The number of ether oxygens (including phenoxy) is 2. The molecule has 1 rings (SSSR count). The van der Waals surface area contributed by atoms with Crippen molar-refractivity contribution in [2.75, 3.05) is 6.61 Å². The van der Waals surface area contributed by atoms with Crippen molar-refractivity contribution in [3.8, 4) is 0 Å². The lowest BCUT2D eigenvalue weighted by atomic mass is 10.1. The lowest BCUT2D eigenvalue weighted by Gasteiger charge is -2.19. The predicted molar refractivity (Wildman–Crippen MR) is 48.8 cm³/mol. The fourth-order valence-electron chi connectivity index (χ4n) is 1.06. The molecule has 0 unspecified atom stereocenters. The molecule has 0 bridgehead atoms. The van der Waals surface area contributed by atoms with E-state index in [1.165, 1.54) is 0 Å². The summed E-state index contributed by atoms with van der Waals surface area (Å²) in [6.45, 7) is 12.0. The molecule has 2 nitrogen and oxygen atoms in total. The molecule has 0 aromatic rings. The first kappa shape index (κ1) is 9.49. The molecular weight excluding hydrogens is 152 g/mol. The van der Waals surface area contributed by atoms with Gasteiger partial charge in [0.15, 0.2) is 6.29 Å². The molecule has 1 aliphatic rings. The molecule has 0 saturated carbocycles. The van der Waals surface area contributed by atoms with Gasteiger partial charge < -0.3 is 9.47 Å². The van der Waals surface area contributed by atoms with E-state index in [1.54, 1.807) is 6.08 Å². The Kier molecular flexibility index (Phi) is 2.70. The molecule has 0 aliphatic carbocycles. The summed E-state index contributed by atoms with van der Waals surface area (Å²) in [5.41, 5.74) is -0.318. The van der Waals surface area contributed by atoms with Gasteiger partial charge in [-0.1, -0.05) is 19.1 Å². The van der Waals surface area contributed by atoms with Crippen LogP contribution in [0.2, 0.25) is 0 Å². The minimum Gasteiger partial charge on any atom is -0.349 e. The number of hydrogen-bond acceptors (Lipinski definition) is 2. The van der Waals surface area contributed by atoms with Crippen molar-refractivity contribution in [3.63, 3.8) is 0 Å². The van der Waals surface area contributed by atoms with Crippen molar-refractivity contribution in [2.45, 2.75) is 25.7 Å². The van der Waals surface area contributed by atoms with Crippen molar-refractivity contribution < 1.29 is 9.47 Å². The Morgan fingerprint density at radius 2 is 2.25 bits per heavy atom. The normalized spacial score (nSPS) is 37.7. The third kappa shape index (κ3) is 1.76. The van der Waals surface area contributed by atoms with E-state index < -0.39 is 0 Å². The van der Waals surface area contributed by atoms with Crippen LogP contribution < -0.4 is 0 Å². The van der Waals surface area contributed by atoms with Gasteiger partial charge in [-0.3, -0.25) is 0 Å². The molecule has 1 aliphatic heterocycles. The highest BCUT2D eigenvalue weighted by Gasteiger charge is 2.36. The third-order valence-corrected chi connectivity index (χ3v) is 2.15. The molecule has 0 radical (unpaired) electrons. The molecule has 1 fully saturated rings. The molecule has 0 aromatic heterocycles. The van der Waals surface area contributed by atoms with Crippen LogP contribution in [0.15, 0.2) is 25.3 Å². The maximum atomic E-state index is 5.64. The number of hydrogen-bond donors (Lipinski definition) is 0. The molecule has 0 amide bonds. The summed E-state index contributed by atoms with van der Waals surface area (Å²) >= 11 is 0. The minimum absolute atomic E-state index is 0.162. The van der Waals surface area contributed by atoms with Gasteiger partial charge in [-0.2, -0.15) is 0 Å². The minimum atomic E-state index is -0.318. The van der Waals surface area contributed by atoms with E-state index in [1.807, 2.05) is 19.9 Å². The zero-order chi connectivity index (χ0) is 9.19. The lowest BCUT2D eigenvalue weighted by molar-refractivity contribution is -0.0916. The SMILES string of the molecule is C=C[C@@H](C)[C@H]1OC[C@@](C)(C=C)O1. The van der Waals surface area contributed by atoms with Gasteiger partial charge in [-0.25, -0.2) is 0 Å². The molecule has 1 saturated heterocycles. The Hall–Kier alpha value is -0.600. The van der Waals surface area contributed by atoms with Gasteiger partial charge in [0.1, 0.15) is 5.60 Å². The van der Waals surface area contributed by atoms with Gasteiger partial charge in [-0.05, 0) is 6.92 Å². The molecule has 0 aromatic carbocycles. The molecule has 2 heteroatoms. The van der Waals surface area contributed by atoms with E-state index in [0.29, 0.717) is 6.61 Å². The first-order chi connectivity index (χ1) is 5.61. The van der Waals surface area contributed by atoms with Gasteiger partial charge >= 0.3 is 0 Å². The van der Waals surface area contributed by atoms with Gasteiger partial charge in [0.05, 0.1) is 6.61 Å². The summed E-state index contributed by atoms with van der Waals surface area (Å²) in [6.07, 6.45) is 3.45. The monoisotopic (exact) mass is 168 g/mol. The molecule has 0 N–H and O–H groups in total. The van der Waals surface area contributed by atoms with Crippen molar-refractivity contribution in [1.82, 2.24) is 0 Å². The van der Waals surface area contributed by atoms with Crippen LogP contribution in [0.3, 0.4) is 0 Å². The van der Waals surface area contributed by atoms with Crippen LogP contribution >= 0.6 is 0 Å². The fraction of sp³-hybridized carbons (Fsp3) is 0.600. The predicted octanol–water partition coefficient (Wildman–Crippen LogP) is 2.13. The Morgan fingerprint density at radius 1 is 1.58 bits per heavy atom. The van der Waals surface area contributed by atoms with E-state index in [4.69, 9.17) is 9.47 Å². The second-order valence-electron chi connectivity index (χ2n) is 3.41. The molecule has 12 heavy (non-hydrogen) atoms. The summed E-state index contributed by atoms with van der Waals surface area (Å²) in [5.74, 6) is 0.228. The first-order valence-corrected chi connectivity index (χ1v) is 4.17. The van der Waals surface area contributed by atoms with Crippen molar-refractivity contribution in [3.05, 3.63) is 25.3 Å². The van der Waals surface area contributed by atoms with E-state index in [-0.39, 0.29) is 17.8 Å². The van der Waals surface area contributed by atoms with Crippen LogP contribution in [-0.4, -0.2) is 18.5 Å². The maximum absolute atomic E-state index is 5.64. The molecule has 0 spiro atoms. The largest absolute Gasteiger partial charge is 0.349 e. The zero-order valence-electron chi connectivity index (χ0n) is 7.75. The van der Waals surface area contributed by atoms with E-state index >= 15 is 0 Å². The van der Waals surface area contributed by atoms with Crippen molar-refractivity contribution >= 4 is 0 Å². The summed E-state index contributed by atoms with van der Waals surface area (Å²) in [5, 5.41) is 0. The van der Waals surface area contributed by atoms with Crippen LogP contribution in [0, 0.1) is 5.92 Å². The Labute approximate surface area is 73.9 Å². The Balaban J connectivity index is 2.55. The van der Waals surface area contributed by atoms with Crippen molar-refractivity contribution in [2.24, 2.45) is 5.92 Å². The highest BCUT2D eigenvalue weighted by molar-refractivity contribution is 4.98. The van der Waals surface area contributed by atoms with Crippen LogP contribution in [0.25, 0.3) is 0 Å². The van der Waals surface area contributed by atoms with Gasteiger partial charge in [0.25, 0.3) is 0 Å². The maximum Gasteiger partial charge on any atom is 0.164 e. The molecular formula is C10H16O2. The van der Waals surface area contributed by atoms with Crippen LogP contribution in [0.5, 0.6) is 0 Å². The van der Waals surface area contributed by atoms with E-state index in [9.17, 15) is 0 Å². The fourth-order valence-corrected chi connectivity index (χ4v) is 1.06. The summed E-state index contributed by atoms with van der Waals surface area (Å²) < 4.78 is 11.1. The molecule has 1 heterocycles. The molecule has 68 valence electrons. The van der Waals surface area contributed by atoms with Crippen molar-refractivity contribution in [1.29, 1.82) is 0 Å². The van der Waals surface area contributed by atoms with Gasteiger partial charge in [-0.15, -0.1) is 13.2 Å². The summed E-state index contributed by atoms with van der Waals surface area (Å²) in [7, 11) is 0. The highest BCUT2D eigenvalue weighted by Crippen LogP contribution is 2.27. The highest BCUT2D eigenvalue weighted by atomic mass is 16.7. The second-order valence-corrected chi connectivity index (χ2v) is 3.41. The average molecular weight is 168 g/mol. The quantitative estimate of drug-likeness (QED) is 0.601. The second kappa shape index (κ2) is 3.42. The van der Waals surface area contributed by atoms with Crippen LogP contribution in [-0.2, 0) is 9.47 Å². The summed E-state index contributed by atoms with van der Waals surface area (Å²) in [4.78, 5) is 0. The van der Waals surface area contributed by atoms with Crippen LogP contribution in [0.4, 0.5) is 0 Å². The Bertz CT molecular complexity index is 188. The standard InChI is InChI=1S/C10H16O2/c1-5-8(3)9-11-7-10(4,6-2)12-9/h5-6,8-9H,1-2,7H2,3-4H3/t8-,9+,10-/m1/s1. The smallest absolute Gasteiger partial charge is 0.164 e. The van der Waals surface area contributed by atoms with Gasteiger partial charge in [0, 0.05) is 5.92 Å².